The molecule has 1 atom stereocenters. The zero-order valence-corrected chi connectivity index (χ0v) is 24.6. The van der Waals surface area contributed by atoms with E-state index in [1.165, 1.54) is 65.6 Å². The van der Waals surface area contributed by atoms with Gasteiger partial charge in [-0.05, 0) is 79.6 Å². The lowest BCUT2D eigenvalue weighted by atomic mass is 10.1. The summed E-state index contributed by atoms with van der Waals surface area (Å²) in [5.41, 5.74) is 1.68. The van der Waals surface area contributed by atoms with Crippen molar-refractivity contribution in [1.29, 1.82) is 5.41 Å². The van der Waals surface area contributed by atoms with E-state index in [-0.39, 0.29) is 23.1 Å². The number of alkyl halides is 3. The lowest BCUT2D eigenvalue weighted by molar-refractivity contribution is -0.139. The van der Waals surface area contributed by atoms with Gasteiger partial charge in [-0.15, -0.1) is 23.1 Å². The number of carboxylic acids is 1. The number of carbonyl (C=O) groups is 1. The molecular formula is C31H27F4N2O4S2+. The standard InChI is InChI=1S/C31H26F4N2O4S2/c1-17-13-24(11-12-26(17)41-16-28(39)40)42-27(15-23(38)14-25(36)19-5-9-22(32)10-6-19)29-18(2)37-30(43-29)20-3-7-21(8-4-20)31(33,34)35/h3-14,27,36,38H,15-16H2,1-2H3,(H,39,40)/p+1/b23-14-,36-25?. The van der Waals surface area contributed by atoms with Crippen molar-refractivity contribution in [2.75, 3.05) is 6.61 Å². The Morgan fingerprint density at radius 1 is 1.12 bits per heavy atom. The van der Waals surface area contributed by atoms with Crippen molar-refractivity contribution >= 4 is 34.8 Å². The maximum Gasteiger partial charge on any atom is 0.416 e. The number of aliphatic carboxylic acids is 1. The number of nitrogens with one attached hydrogen (secondary N) is 1. The highest BCUT2D eigenvalue weighted by atomic mass is 32.2. The lowest BCUT2D eigenvalue weighted by Crippen LogP contribution is -2.10. The number of aryl methyl sites for hydroxylation is 2. The summed E-state index contributed by atoms with van der Waals surface area (Å²) < 4.78 is 57.9. The smallest absolute Gasteiger partial charge is 0.416 e. The van der Waals surface area contributed by atoms with Crippen LogP contribution in [0.5, 0.6) is 5.75 Å². The molecule has 4 rings (SSSR count). The minimum Gasteiger partial charge on any atom is -0.596 e. The Labute approximate surface area is 253 Å². The van der Waals surface area contributed by atoms with Gasteiger partial charge in [0.1, 0.15) is 16.6 Å². The van der Waals surface area contributed by atoms with Crippen LogP contribution in [0.25, 0.3) is 10.6 Å². The third-order valence-corrected chi connectivity index (χ3v) is 8.92. The minimum absolute atomic E-state index is 0.0518. The largest absolute Gasteiger partial charge is 0.596 e. The van der Waals surface area contributed by atoms with Gasteiger partial charge in [-0.25, -0.2) is 14.2 Å². The Kier molecular flexibility index (Phi) is 9.92. The van der Waals surface area contributed by atoms with Crippen LogP contribution in [0.3, 0.4) is 0 Å². The molecule has 1 unspecified atom stereocenters. The van der Waals surface area contributed by atoms with E-state index in [9.17, 15) is 22.4 Å². The molecular weight excluding hydrogens is 604 g/mol. The molecule has 4 N–H and O–H groups in total. The Hall–Kier alpha value is -4.16. The van der Waals surface area contributed by atoms with Gasteiger partial charge in [-0.1, -0.05) is 12.1 Å². The molecule has 0 saturated carbocycles. The highest BCUT2D eigenvalue weighted by Crippen LogP contribution is 2.45. The Bertz CT molecular complexity index is 1650. The molecule has 6 nitrogen and oxygen atoms in total. The number of ether oxygens (including phenoxy) is 1. The van der Waals surface area contributed by atoms with E-state index in [0.717, 1.165) is 27.5 Å². The Balaban J connectivity index is 1.65. The molecule has 224 valence electrons. The molecule has 0 aliphatic rings. The molecule has 43 heavy (non-hydrogen) atoms. The number of hydrogen-bond acceptors (Lipinski definition) is 6. The van der Waals surface area contributed by atoms with Gasteiger partial charge in [-0.2, -0.15) is 13.2 Å². The van der Waals surface area contributed by atoms with Crippen LogP contribution in [0.4, 0.5) is 17.6 Å². The van der Waals surface area contributed by atoms with Gasteiger partial charge in [0.2, 0.25) is 5.76 Å². The monoisotopic (exact) mass is 631 g/mol. The Morgan fingerprint density at radius 2 is 1.79 bits per heavy atom. The topological polar surface area (TPSA) is 106 Å². The first-order valence-electron chi connectivity index (χ1n) is 12.8. The van der Waals surface area contributed by atoms with Crippen LogP contribution < -0.4 is 4.74 Å². The van der Waals surface area contributed by atoms with Crippen molar-refractivity contribution in [1.82, 2.24) is 4.98 Å². The molecule has 0 bridgehead atoms. The maximum absolute atomic E-state index is 13.3. The first-order chi connectivity index (χ1) is 20.3. The van der Waals surface area contributed by atoms with E-state index in [1.54, 1.807) is 26.0 Å². The van der Waals surface area contributed by atoms with Gasteiger partial charge in [0.05, 0.1) is 34.7 Å². The SMILES string of the molecule is Cc1cc(SC(C/C([OH2+])=C/C(=N)c2ccc(F)cc2)c2sc(-c3ccc(C(F)(F)F)cc3)nc2C)ccc1OCC(=O)O. The zero-order chi connectivity index (χ0) is 31.3. The average Bonchev–Trinajstić information content (AvgIpc) is 3.33. The summed E-state index contributed by atoms with van der Waals surface area (Å²) in [7, 11) is 0. The first-order valence-corrected chi connectivity index (χ1v) is 14.5. The predicted molar refractivity (Wildman–Crippen MR) is 160 cm³/mol. The molecule has 1 heterocycles. The van der Waals surface area contributed by atoms with Crippen molar-refractivity contribution < 1.29 is 37.3 Å². The maximum atomic E-state index is 13.3. The second-order valence-electron chi connectivity index (χ2n) is 9.55. The second-order valence-corrected chi connectivity index (χ2v) is 11.9. The summed E-state index contributed by atoms with van der Waals surface area (Å²) in [5, 5.41) is 26.1. The van der Waals surface area contributed by atoms with Crippen LogP contribution in [0.1, 0.15) is 38.9 Å². The number of aromatic nitrogens is 1. The van der Waals surface area contributed by atoms with Gasteiger partial charge >= 0.3 is 12.1 Å². The van der Waals surface area contributed by atoms with E-state index in [4.69, 9.17) is 20.4 Å². The number of halogens is 4. The number of thiazole rings is 1. The predicted octanol–water partition coefficient (Wildman–Crippen LogP) is 7.95. The van der Waals surface area contributed by atoms with E-state index < -0.39 is 30.1 Å². The molecule has 0 spiro atoms. The zero-order valence-electron chi connectivity index (χ0n) is 23.0. The van der Waals surface area contributed by atoms with Crippen LogP contribution >= 0.6 is 23.1 Å². The van der Waals surface area contributed by atoms with Gasteiger partial charge < -0.3 is 14.9 Å². The summed E-state index contributed by atoms with van der Waals surface area (Å²) in [4.78, 5) is 17.1. The molecule has 0 radical (unpaired) electrons. The van der Waals surface area contributed by atoms with Crippen molar-refractivity contribution in [3.8, 4) is 16.3 Å². The number of benzene rings is 3. The molecule has 0 saturated heterocycles. The van der Waals surface area contributed by atoms with Crippen molar-refractivity contribution in [3.05, 3.63) is 112 Å². The van der Waals surface area contributed by atoms with Gasteiger partial charge in [0.25, 0.3) is 0 Å². The fraction of sp³-hybridized carbons (Fsp3) is 0.194. The van der Waals surface area contributed by atoms with Crippen LogP contribution in [-0.4, -0.2) is 33.5 Å². The highest BCUT2D eigenvalue weighted by Gasteiger charge is 2.30. The number of thioether (sulfide) groups is 1. The Morgan fingerprint density at radius 3 is 2.40 bits per heavy atom. The fourth-order valence-electron chi connectivity index (χ4n) is 4.13. The molecule has 0 aliphatic carbocycles. The van der Waals surface area contributed by atoms with Crippen LogP contribution in [-0.2, 0) is 11.0 Å². The number of allylic oxidation sites excluding steroid dienone is 2. The minimum atomic E-state index is -4.45. The summed E-state index contributed by atoms with van der Waals surface area (Å²) in [6.07, 6.45) is -2.85. The second kappa shape index (κ2) is 13.4. The van der Waals surface area contributed by atoms with Crippen molar-refractivity contribution in [2.24, 2.45) is 0 Å². The number of hydrogen-bond donors (Lipinski definition) is 2. The number of carboxylic acid groups (broad SMARTS) is 1. The number of nitrogens with zero attached hydrogens (tertiary/aromatic N) is 1. The van der Waals surface area contributed by atoms with Crippen LogP contribution in [0.15, 0.2) is 83.5 Å². The fourth-order valence-corrected chi connectivity index (χ4v) is 6.73. The summed E-state index contributed by atoms with van der Waals surface area (Å²) in [6, 6.07) is 15.5. The van der Waals surface area contributed by atoms with Crippen molar-refractivity contribution in [2.45, 2.75) is 36.6 Å². The first kappa shape index (κ1) is 31.8. The molecule has 4 aromatic rings. The van der Waals surface area contributed by atoms with E-state index >= 15 is 0 Å². The van der Waals surface area contributed by atoms with Crippen molar-refractivity contribution in [3.63, 3.8) is 0 Å². The molecule has 0 amide bonds. The average molecular weight is 632 g/mol. The summed E-state index contributed by atoms with van der Waals surface area (Å²) >= 11 is 2.76. The molecule has 0 aliphatic heterocycles. The molecule has 1 aromatic heterocycles. The molecule has 12 heteroatoms. The van der Waals surface area contributed by atoms with E-state index in [0.29, 0.717) is 27.6 Å². The lowest BCUT2D eigenvalue weighted by Gasteiger charge is -2.16. The van der Waals surface area contributed by atoms with E-state index in [1.807, 2.05) is 6.07 Å². The third-order valence-electron chi connectivity index (χ3n) is 6.24. The van der Waals surface area contributed by atoms with Gasteiger partial charge in [-0.3, -0.25) is 5.41 Å². The van der Waals surface area contributed by atoms with E-state index in [2.05, 4.69) is 4.98 Å². The normalized spacial score (nSPS) is 12.7. The summed E-state index contributed by atoms with van der Waals surface area (Å²) in [5.74, 6) is -0.949. The third kappa shape index (κ3) is 8.45. The highest BCUT2D eigenvalue weighted by molar-refractivity contribution is 7.99. The van der Waals surface area contributed by atoms with Gasteiger partial charge in [0.15, 0.2) is 6.61 Å². The van der Waals surface area contributed by atoms with Gasteiger partial charge in [0, 0.05) is 15.3 Å². The number of rotatable bonds is 11. The molecule has 0 fully saturated rings. The summed E-state index contributed by atoms with van der Waals surface area (Å²) in [6.45, 7) is 3.11. The van der Waals surface area contributed by atoms with Crippen LogP contribution in [0.2, 0.25) is 0 Å². The molecule has 3 aromatic carbocycles. The quantitative estimate of drug-likeness (QED) is 0.0575. The van der Waals surface area contributed by atoms with Crippen LogP contribution in [0, 0.1) is 25.1 Å².